The van der Waals surface area contributed by atoms with Crippen LogP contribution in [0, 0.1) is 0 Å². The molecule has 8 nitrogen and oxygen atoms in total. The molecule has 0 aliphatic carbocycles. The van der Waals surface area contributed by atoms with Crippen molar-refractivity contribution < 1.29 is 17.9 Å². The van der Waals surface area contributed by atoms with E-state index in [9.17, 15) is 8.42 Å². The minimum atomic E-state index is -3.40. The Balaban J connectivity index is 0.00000420. The standard InChI is InChI=1S/C19H32N4O4S.HI/c1-4-20-19(21-11-5-12-27-17-10-13-26-15-17)22-14-16-6-8-18(9-7-16)28(24,25)23(2)3;/h6-9,17H,4-5,10-15H2,1-3H3,(H2,20,21,22);1H. The van der Waals surface area contributed by atoms with Gasteiger partial charge in [0.05, 0.1) is 24.2 Å². The SMILES string of the molecule is CCNC(=NCc1ccc(S(=O)(=O)N(C)C)cc1)NCCCOC1CCOC1.I. The third-order valence-corrected chi connectivity index (χ3v) is 6.15. The van der Waals surface area contributed by atoms with Crippen LogP contribution in [0.15, 0.2) is 34.2 Å². The van der Waals surface area contributed by atoms with E-state index in [-0.39, 0.29) is 35.0 Å². The number of guanidine groups is 1. The van der Waals surface area contributed by atoms with Crippen molar-refractivity contribution in [3.8, 4) is 0 Å². The van der Waals surface area contributed by atoms with Gasteiger partial charge in [-0.1, -0.05) is 12.1 Å². The summed E-state index contributed by atoms with van der Waals surface area (Å²) < 4.78 is 36.5. The molecule has 2 N–H and O–H groups in total. The van der Waals surface area contributed by atoms with E-state index < -0.39 is 10.0 Å². The van der Waals surface area contributed by atoms with E-state index in [1.807, 2.05) is 6.92 Å². The van der Waals surface area contributed by atoms with Crippen molar-refractivity contribution in [3.63, 3.8) is 0 Å². The van der Waals surface area contributed by atoms with Crippen molar-refractivity contribution in [1.29, 1.82) is 0 Å². The van der Waals surface area contributed by atoms with Gasteiger partial charge in [0.15, 0.2) is 5.96 Å². The van der Waals surface area contributed by atoms with Crippen LogP contribution < -0.4 is 10.6 Å². The Morgan fingerprint density at radius 2 is 2.00 bits per heavy atom. The minimum Gasteiger partial charge on any atom is -0.379 e. The number of nitrogens with one attached hydrogen (secondary N) is 2. The molecule has 0 aromatic heterocycles. The number of halogens is 1. The van der Waals surface area contributed by atoms with Gasteiger partial charge in [-0.25, -0.2) is 17.7 Å². The Labute approximate surface area is 191 Å². The number of aliphatic imine (C=N–C) groups is 1. The minimum absolute atomic E-state index is 0. The molecule has 166 valence electrons. The zero-order chi connectivity index (χ0) is 20.4. The summed E-state index contributed by atoms with van der Waals surface area (Å²) in [6.45, 7) is 6.20. The monoisotopic (exact) mass is 540 g/mol. The maximum absolute atomic E-state index is 12.1. The van der Waals surface area contributed by atoms with Gasteiger partial charge in [-0.05, 0) is 37.5 Å². The smallest absolute Gasteiger partial charge is 0.242 e. The lowest BCUT2D eigenvalue weighted by Gasteiger charge is -2.13. The summed E-state index contributed by atoms with van der Waals surface area (Å²) in [5.41, 5.74) is 0.944. The van der Waals surface area contributed by atoms with Crippen LogP contribution >= 0.6 is 24.0 Å². The van der Waals surface area contributed by atoms with Crippen molar-refractivity contribution >= 4 is 40.0 Å². The average Bonchev–Trinajstić information content (AvgIpc) is 3.19. The lowest BCUT2D eigenvalue weighted by Crippen LogP contribution is -2.38. The van der Waals surface area contributed by atoms with E-state index in [0.717, 1.165) is 44.1 Å². The van der Waals surface area contributed by atoms with Crippen LogP contribution in [0.3, 0.4) is 0 Å². The molecular formula is C19H33IN4O4S. The van der Waals surface area contributed by atoms with Crippen LogP contribution in [0.4, 0.5) is 0 Å². The van der Waals surface area contributed by atoms with E-state index in [1.54, 1.807) is 24.3 Å². The number of ether oxygens (including phenoxy) is 2. The van der Waals surface area contributed by atoms with Crippen LogP contribution in [0.2, 0.25) is 0 Å². The molecule has 0 bridgehead atoms. The molecule has 1 aliphatic heterocycles. The Morgan fingerprint density at radius 3 is 2.59 bits per heavy atom. The molecular weight excluding hydrogens is 507 g/mol. The fraction of sp³-hybridized carbons (Fsp3) is 0.632. The summed E-state index contributed by atoms with van der Waals surface area (Å²) in [6, 6.07) is 6.82. The molecule has 0 radical (unpaired) electrons. The predicted octanol–water partition coefficient (Wildman–Crippen LogP) is 1.81. The van der Waals surface area contributed by atoms with Gasteiger partial charge in [0.1, 0.15) is 0 Å². The predicted molar refractivity (Wildman–Crippen MR) is 125 cm³/mol. The van der Waals surface area contributed by atoms with Gasteiger partial charge in [-0.2, -0.15) is 0 Å². The third kappa shape index (κ3) is 8.75. The first kappa shape index (κ1) is 26.1. The van der Waals surface area contributed by atoms with E-state index >= 15 is 0 Å². The number of sulfonamides is 1. The summed E-state index contributed by atoms with van der Waals surface area (Å²) in [7, 11) is -0.360. The molecule has 1 aliphatic rings. The normalized spacial score (nSPS) is 17.2. The molecule has 0 spiro atoms. The quantitative estimate of drug-likeness (QED) is 0.204. The van der Waals surface area contributed by atoms with Gasteiger partial charge in [0.25, 0.3) is 0 Å². The maximum Gasteiger partial charge on any atom is 0.242 e. The molecule has 1 unspecified atom stereocenters. The van der Waals surface area contributed by atoms with Gasteiger partial charge >= 0.3 is 0 Å². The van der Waals surface area contributed by atoms with Gasteiger partial charge in [-0.3, -0.25) is 0 Å². The zero-order valence-corrected chi connectivity index (χ0v) is 20.5. The van der Waals surface area contributed by atoms with Crippen molar-refractivity contribution in [2.24, 2.45) is 4.99 Å². The fourth-order valence-corrected chi connectivity index (χ4v) is 3.56. The molecule has 1 atom stereocenters. The number of hydrogen-bond acceptors (Lipinski definition) is 5. The summed E-state index contributed by atoms with van der Waals surface area (Å²) in [6.07, 6.45) is 2.10. The van der Waals surface area contributed by atoms with Crippen LogP contribution in [0.1, 0.15) is 25.3 Å². The second kappa shape index (κ2) is 13.4. The van der Waals surface area contributed by atoms with Gasteiger partial charge in [0, 0.05) is 40.4 Å². The number of rotatable bonds is 10. The molecule has 1 saturated heterocycles. The molecule has 1 aromatic carbocycles. The van der Waals surface area contributed by atoms with Gasteiger partial charge in [-0.15, -0.1) is 24.0 Å². The first-order valence-electron chi connectivity index (χ1n) is 9.66. The largest absolute Gasteiger partial charge is 0.379 e. The van der Waals surface area contributed by atoms with Crippen LogP contribution in [0.5, 0.6) is 0 Å². The second-order valence-corrected chi connectivity index (χ2v) is 8.92. The van der Waals surface area contributed by atoms with Crippen molar-refractivity contribution in [2.75, 3.05) is 47.0 Å². The van der Waals surface area contributed by atoms with Crippen LogP contribution in [-0.2, 0) is 26.0 Å². The van der Waals surface area contributed by atoms with E-state index in [1.165, 1.54) is 18.4 Å². The summed E-state index contributed by atoms with van der Waals surface area (Å²) in [4.78, 5) is 4.84. The van der Waals surface area contributed by atoms with E-state index in [0.29, 0.717) is 19.8 Å². The third-order valence-electron chi connectivity index (χ3n) is 4.32. The molecule has 0 saturated carbocycles. The van der Waals surface area contributed by atoms with Crippen LogP contribution in [-0.4, -0.2) is 71.8 Å². The highest BCUT2D eigenvalue weighted by Crippen LogP contribution is 2.14. The number of hydrogen-bond donors (Lipinski definition) is 2. The average molecular weight is 540 g/mol. The maximum atomic E-state index is 12.1. The Kier molecular flexibility index (Phi) is 12.0. The number of nitrogens with zero attached hydrogens (tertiary/aromatic N) is 2. The van der Waals surface area contributed by atoms with E-state index in [4.69, 9.17) is 9.47 Å². The molecule has 1 heterocycles. The van der Waals surface area contributed by atoms with Crippen molar-refractivity contribution in [1.82, 2.24) is 14.9 Å². The topological polar surface area (TPSA) is 92.3 Å². The molecule has 10 heteroatoms. The van der Waals surface area contributed by atoms with Gasteiger partial charge in [0.2, 0.25) is 10.0 Å². The highest BCUT2D eigenvalue weighted by Gasteiger charge is 2.16. The van der Waals surface area contributed by atoms with Gasteiger partial charge < -0.3 is 20.1 Å². The first-order chi connectivity index (χ1) is 13.4. The molecule has 0 amide bonds. The van der Waals surface area contributed by atoms with E-state index in [2.05, 4.69) is 15.6 Å². The van der Waals surface area contributed by atoms with Crippen LogP contribution in [0.25, 0.3) is 0 Å². The molecule has 1 fully saturated rings. The summed E-state index contributed by atoms with van der Waals surface area (Å²) in [5, 5.41) is 6.50. The first-order valence-corrected chi connectivity index (χ1v) is 11.1. The Morgan fingerprint density at radius 1 is 1.28 bits per heavy atom. The Hall–Kier alpha value is -0.950. The Bertz CT molecular complexity index is 720. The molecule has 29 heavy (non-hydrogen) atoms. The molecule has 1 aromatic rings. The highest BCUT2D eigenvalue weighted by atomic mass is 127. The van der Waals surface area contributed by atoms with Crippen molar-refractivity contribution in [3.05, 3.63) is 29.8 Å². The number of benzene rings is 1. The zero-order valence-electron chi connectivity index (χ0n) is 17.4. The van der Waals surface area contributed by atoms with Crippen molar-refractivity contribution in [2.45, 2.75) is 37.3 Å². The second-order valence-electron chi connectivity index (χ2n) is 6.76. The lowest BCUT2D eigenvalue weighted by molar-refractivity contribution is 0.0420. The molecule has 2 rings (SSSR count). The summed E-state index contributed by atoms with van der Waals surface area (Å²) in [5.74, 6) is 0.733. The lowest BCUT2D eigenvalue weighted by atomic mass is 10.2. The highest BCUT2D eigenvalue weighted by molar-refractivity contribution is 14.0. The summed E-state index contributed by atoms with van der Waals surface area (Å²) >= 11 is 0. The fourth-order valence-electron chi connectivity index (χ4n) is 2.66.